The Morgan fingerprint density at radius 2 is 2.23 bits per heavy atom. The number of thioether (sulfide) groups is 1. The summed E-state index contributed by atoms with van der Waals surface area (Å²) in [6.07, 6.45) is 0. The molecule has 2 unspecified atom stereocenters. The standard InChI is InChI=1S/C14H16N4OS3/c1-7-11-6-17(13(15)20)14(21)18(11)10-5-9(16-8(2)19)3-4-12(10)22-7/h3-5,7,11H,6H2,1-2H3,(H2,15,20)(H,16,19). The summed E-state index contributed by atoms with van der Waals surface area (Å²) in [5.74, 6) is -0.0953. The lowest BCUT2D eigenvalue weighted by molar-refractivity contribution is -0.114. The molecule has 0 aromatic heterocycles. The number of carbonyl (C=O) groups is 1. The number of nitrogens with zero attached hydrogens (tertiary/aromatic N) is 2. The molecule has 2 aliphatic heterocycles. The van der Waals surface area contributed by atoms with E-state index >= 15 is 0 Å². The van der Waals surface area contributed by atoms with Crippen molar-refractivity contribution in [2.75, 3.05) is 16.8 Å². The van der Waals surface area contributed by atoms with Gasteiger partial charge in [0.05, 0.1) is 11.7 Å². The fourth-order valence-electron chi connectivity index (χ4n) is 2.81. The molecule has 116 valence electrons. The van der Waals surface area contributed by atoms with Crippen molar-refractivity contribution < 1.29 is 4.79 Å². The van der Waals surface area contributed by atoms with E-state index < -0.39 is 0 Å². The van der Waals surface area contributed by atoms with Crippen LogP contribution in [0.25, 0.3) is 0 Å². The predicted molar refractivity (Wildman–Crippen MR) is 98.4 cm³/mol. The van der Waals surface area contributed by atoms with Gasteiger partial charge in [-0.15, -0.1) is 11.8 Å². The van der Waals surface area contributed by atoms with Gasteiger partial charge in [-0.1, -0.05) is 6.92 Å². The second-order valence-electron chi connectivity index (χ2n) is 5.36. The van der Waals surface area contributed by atoms with Crippen molar-refractivity contribution in [3.05, 3.63) is 18.2 Å². The molecule has 0 saturated carbocycles. The number of hydrogen-bond donors (Lipinski definition) is 2. The molecule has 2 aliphatic rings. The highest BCUT2D eigenvalue weighted by Crippen LogP contribution is 2.45. The summed E-state index contributed by atoms with van der Waals surface area (Å²) in [5.41, 5.74) is 7.55. The van der Waals surface area contributed by atoms with Crippen LogP contribution >= 0.6 is 36.2 Å². The monoisotopic (exact) mass is 352 g/mol. The SMILES string of the molecule is CC(=O)Nc1ccc2c(c1)N1C(=S)N(C(N)=S)CC1C(C)S2. The number of hydrogen-bond acceptors (Lipinski definition) is 4. The van der Waals surface area contributed by atoms with Gasteiger partial charge in [-0.3, -0.25) is 9.69 Å². The molecule has 5 nitrogen and oxygen atoms in total. The van der Waals surface area contributed by atoms with Gasteiger partial charge in [-0.25, -0.2) is 0 Å². The Morgan fingerprint density at radius 1 is 1.50 bits per heavy atom. The molecule has 1 fully saturated rings. The number of thiocarbonyl (C=S) groups is 2. The van der Waals surface area contributed by atoms with E-state index in [1.165, 1.54) is 6.92 Å². The summed E-state index contributed by atoms with van der Waals surface area (Å²) in [7, 11) is 0. The van der Waals surface area contributed by atoms with Gasteiger partial charge in [-0.05, 0) is 42.6 Å². The van der Waals surface area contributed by atoms with Crippen LogP contribution in [0.3, 0.4) is 0 Å². The van der Waals surface area contributed by atoms with Gasteiger partial charge in [0.25, 0.3) is 0 Å². The highest BCUT2D eigenvalue weighted by Gasteiger charge is 2.43. The van der Waals surface area contributed by atoms with Gasteiger partial charge in [0.1, 0.15) is 0 Å². The van der Waals surface area contributed by atoms with Gasteiger partial charge in [0.15, 0.2) is 10.2 Å². The Morgan fingerprint density at radius 3 is 2.86 bits per heavy atom. The number of anilines is 2. The zero-order valence-corrected chi connectivity index (χ0v) is 14.6. The van der Waals surface area contributed by atoms with Crippen molar-refractivity contribution in [2.45, 2.75) is 30.0 Å². The Bertz CT molecular complexity index is 678. The van der Waals surface area contributed by atoms with E-state index in [0.717, 1.165) is 16.3 Å². The Labute approximate surface area is 144 Å². The molecule has 0 radical (unpaired) electrons. The summed E-state index contributed by atoms with van der Waals surface area (Å²) in [6, 6.07) is 6.10. The van der Waals surface area contributed by atoms with Crippen molar-refractivity contribution in [3.63, 3.8) is 0 Å². The van der Waals surface area contributed by atoms with Crippen molar-refractivity contribution in [3.8, 4) is 0 Å². The molecule has 2 heterocycles. The molecule has 2 atom stereocenters. The van der Waals surface area contributed by atoms with Gasteiger partial charge in [0.2, 0.25) is 5.91 Å². The van der Waals surface area contributed by atoms with Gasteiger partial charge in [-0.2, -0.15) is 0 Å². The molecule has 3 rings (SSSR count). The lowest BCUT2D eigenvalue weighted by atomic mass is 10.1. The summed E-state index contributed by atoms with van der Waals surface area (Å²) < 4.78 is 0. The molecule has 1 amide bonds. The Balaban J connectivity index is 2.03. The number of benzene rings is 1. The molecule has 1 saturated heterocycles. The zero-order valence-electron chi connectivity index (χ0n) is 12.2. The van der Waals surface area contributed by atoms with Crippen LogP contribution in [0.2, 0.25) is 0 Å². The van der Waals surface area contributed by atoms with Gasteiger partial charge >= 0.3 is 0 Å². The van der Waals surface area contributed by atoms with Crippen LogP contribution in [0.5, 0.6) is 0 Å². The van der Waals surface area contributed by atoms with Crippen LogP contribution in [0.4, 0.5) is 11.4 Å². The average molecular weight is 353 g/mol. The molecule has 22 heavy (non-hydrogen) atoms. The molecule has 0 spiro atoms. The molecule has 1 aromatic rings. The van der Waals surface area contributed by atoms with E-state index in [4.69, 9.17) is 30.2 Å². The molecule has 8 heteroatoms. The molecule has 3 N–H and O–H groups in total. The first-order chi connectivity index (χ1) is 10.4. The minimum absolute atomic E-state index is 0.0953. The van der Waals surface area contributed by atoms with Crippen molar-refractivity contribution >= 4 is 63.7 Å². The van der Waals surface area contributed by atoms with E-state index in [-0.39, 0.29) is 11.9 Å². The second-order valence-corrected chi connectivity index (χ2v) is 7.56. The molecular weight excluding hydrogens is 336 g/mol. The second kappa shape index (κ2) is 5.68. The first-order valence-electron chi connectivity index (χ1n) is 6.87. The molecule has 1 aromatic carbocycles. The molecule has 0 bridgehead atoms. The number of fused-ring (bicyclic) bond motifs is 3. The van der Waals surface area contributed by atoms with Gasteiger partial charge < -0.3 is 16.0 Å². The lowest BCUT2D eigenvalue weighted by Gasteiger charge is -2.36. The van der Waals surface area contributed by atoms with Crippen LogP contribution in [0.15, 0.2) is 23.1 Å². The quantitative estimate of drug-likeness (QED) is 0.751. The van der Waals surface area contributed by atoms with Crippen LogP contribution in [0.1, 0.15) is 13.8 Å². The number of nitrogens with two attached hydrogens (primary N) is 1. The van der Waals surface area contributed by atoms with E-state index in [0.29, 0.717) is 22.0 Å². The van der Waals surface area contributed by atoms with E-state index in [1.54, 1.807) is 16.7 Å². The van der Waals surface area contributed by atoms with Crippen molar-refractivity contribution in [1.29, 1.82) is 0 Å². The smallest absolute Gasteiger partial charge is 0.221 e. The maximum Gasteiger partial charge on any atom is 0.221 e. The predicted octanol–water partition coefficient (Wildman–Crippen LogP) is 2.16. The van der Waals surface area contributed by atoms with E-state index in [2.05, 4.69) is 17.1 Å². The third kappa shape index (κ3) is 2.55. The summed E-state index contributed by atoms with van der Waals surface area (Å²) >= 11 is 12.5. The Kier molecular flexibility index (Phi) is 4.00. The van der Waals surface area contributed by atoms with Crippen LogP contribution in [-0.2, 0) is 4.79 Å². The number of rotatable bonds is 1. The minimum atomic E-state index is -0.0953. The maximum absolute atomic E-state index is 11.3. The maximum atomic E-state index is 11.3. The highest BCUT2D eigenvalue weighted by molar-refractivity contribution is 8.00. The third-order valence-electron chi connectivity index (χ3n) is 3.80. The highest BCUT2D eigenvalue weighted by atomic mass is 32.2. The number of carbonyl (C=O) groups excluding carboxylic acids is 1. The first kappa shape index (κ1) is 15.5. The van der Waals surface area contributed by atoms with E-state index in [9.17, 15) is 4.79 Å². The zero-order chi connectivity index (χ0) is 16.0. The van der Waals surface area contributed by atoms with Crippen LogP contribution in [-0.4, -0.2) is 38.9 Å². The fourth-order valence-corrected chi connectivity index (χ4v) is 4.62. The fraction of sp³-hybridized carbons (Fsp3) is 0.357. The first-order valence-corrected chi connectivity index (χ1v) is 8.56. The Hall–Kier alpha value is -1.38. The number of nitrogens with one attached hydrogen (secondary N) is 1. The molecule has 0 aliphatic carbocycles. The average Bonchev–Trinajstić information content (AvgIpc) is 2.78. The summed E-state index contributed by atoms with van der Waals surface area (Å²) in [5, 5.41) is 4.12. The minimum Gasteiger partial charge on any atom is -0.376 e. The topological polar surface area (TPSA) is 61.6 Å². The van der Waals surface area contributed by atoms with Crippen LogP contribution in [0, 0.1) is 0 Å². The normalized spacial score (nSPS) is 23.1. The van der Waals surface area contributed by atoms with Gasteiger partial charge in [0, 0.05) is 29.3 Å². The number of amides is 1. The molecular formula is C14H16N4OS3. The largest absolute Gasteiger partial charge is 0.376 e. The van der Waals surface area contributed by atoms with Crippen LogP contribution < -0.4 is 16.0 Å². The summed E-state index contributed by atoms with van der Waals surface area (Å²) in [6.45, 7) is 4.37. The lowest BCUT2D eigenvalue weighted by Crippen LogP contribution is -2.43. The van der Waals surface area contributed by atoms with E-state index in [1.807, 2.05) is 18.2 Å². The van der Waals surface area contributed by atoms with Crippen molar-refractivity contribution in [1.82, 2.24) is 4.90 Å². The van der Waals surface area contributed by atoms with Crippen molar-refractivity contribution in [2.24, 2.45) is 5.73 Å². The summed E-state index contributed by atoms with van der Waals surface area (Å²) in [4.78, 5) is 16.3. The third-order valence-corrected chi connectivity index (χ3v) is 5.72.